The first-order valence-corrected chi connectivity index (χ1v) is 9.06. The number of carbonyl (C=O) groups is 2. The molecule has 2 aromatic rings. The Bertz CT molecular complexity index is 753. The summed E-state index contributed by atoms with van der Waals surface area (Å²) in [6.07, 6.45) is 3.43. The van der Waals surface area contributed by atoms with Crippen LogP contribution in [0.2, 0.25) is 0 Å². The lowest BCUT2D eigenvalue weighted by Crippen LogP contribution is -2.45. The van der Waals surface area contributed by atoms with Crippen LogP contribution in [-0.2, 0) is 6.54 Å². The van der Waals surface area contributed by atoms with Crippen LogP contribution in [-0.4, -0.2) is 67.0 Å². The van der Waals surface area contributed by atoms with Gasteiger partial charge in [-0.05, 0) is 50.0 Å². The summed E-state index contributed by atoms with van der Waals surface area (Å²) < 4.78 is 12.9. The van der Waals surface area contributed by atoms with Crippen molar-refractivity contribution in [3.8, 4) is 0 Å². The van der Waals surface area contributed by atoms with E-state index in [9.17, 15) is 14.0 Å². The van der Waals surface area contributed by atoms with E-state index < -0.39 is 5.82 Å². The van der Waals surface area contributed by atoms with Crippen LogP contribution in [0.15, 0.2) is 48.8 Å². The van der Waals surface area contributed by atoms with Crippen molar-refractivity contribution in [1.29, 1.82) is 0 Å². The zero-order valence-electron chi connectivity index (χ0n) is 16.2. The molecule has 0 aliphatic rings. The molecule has 0 bridgehead atoms. The number of nitrogens with zero attached hydrogens (tertiary/aromatic N) is 3. The van der Waals surface area contributed by atoms with E-state index in [0.29, 0.717) is 18.7 Å². The van der Waals surface area contributed by atoms with Gasteiger partial charge >= 0.3 is 6.03 Å². The van der Waals surface area contributed by atoms with Crippen LogP contribution < -0.4 is 10.6 Å². The van der Waals surface area contributed by atoms with Crippen molar-refractivity contribution < 1.29 is 14.0 Å². The standard InChI is InChI=1S/C20H26FN5O2/c1-25(2)12-13-26(15-16-4-3-9-22-14-16)20(28)24-11-10-23-19(27)17-5-7-18(21)8-6-17/h3-9,14H,10-13,15H2,1-2H3,(H,23,27)(H,24,28). The van der Waals surface area contributed by atoms with Crippen molar-refractivity contribution in [2.75, 3.05) is 40.3 Å². The Morgan fingerprint density at radius 2 is 1.75 bits per heavy atom. The van der Waals surface area contributed by atoms with Gasteiger partial charge in [-0.3, -0.25) is 9.78 Å². The van der Waals surface area contributed by atoms with Gasteiger partial charge in [0.15, 0.2) is 0 Å². The number of aromatic nitrogens is 1. The predicted octanol–water partition coefficient (Wildman–Crippen LogP) is 1.72. The normalized spacial score (nSPS) is 10.6. The fourth-order valence-electron chi connectivity index (χ4n) is 2.45. The Kier molecular flexibility index (Phi) is 8.36. The van der Waals surface area contributed by atoms with Crippen molar-refractivity contribution in [2.24, 2.45) is 0 Å². The van der Waals surface area contributed by atoms with E-state index in [4.69, 9.17) is 0 Å². The molecular formula is C20H26FN5O2. The largest absolute Gasteiger partial charge is 0.350 e. The number of nitrogens with one attached hydrogen (secondary N) is 2. The maximum absolute atomic E-state index is 12.9. The smallest absolute Gasteiger partial charge is 0.317 e. The topological polar surface area (TPSA) is 77.6 Å². The third-order valence-electron chi connectivity index (χ3n) is 3.99. The second-order valence-corrected chi connectivity index (χ2v) is 6.58. The van der Waals surface area contributed by atoms with Crippen molar-refractivity contribution in [1.82, 2.24) is 25.4 Å². The molecule has 0 atom stereocenters. The molecule has 3 amide bonds. The number of hydrogen-bond donors (Lipinski definition) is 2. The van der Waals surface area contributed by atoms with Crippen LogP contribution >= 0.6 is 0 Å². The minimum absolute atomic E-state index is 0.207. The molecule has 8 heteroatoms. The molecule has 1 heterocycles. The fourth-order valence-corrected chi connectivity index (χ4v) is 2.45. The highest BCUT2D eigenvalue weighted by molar-refractivity contribution is 5.94. The lowest BCUT2D eigenvalue weighted by molar-refractivity contribution is 0.0953. The predicted molar refractivity (Wildman–Crippen MR) is 105 cm³/mol. The molecular weight excluding hydrogens is 361 g/mol. The Hall–Kier alpha value is -3.00. The average molecular weight is 387 g/mol. The minimum Gasteiger partial charge on any atom is -0.350 e. The molecule has 0 aliphatic heterocycles. The first kappa shape index (κ1) is 21.3. The summed E-state index contributed by atoms with van der Waals surface area (Å²) >= 11 is 0. The number of hydrogen-bond acceptors (Lipinski definition) is 4. The summed E-state index contributed by atoms with van der Waals surface area (Å²) in [5.41, 5.74) is 1.32. The Balaban J connectivity index is 1.81. The third-order valence-corrected chi connectivity index (χ3v) is 3.99. The number of rotatable bonds is 9. The van der Waals surface area contributed by atoms with Crippen LogP contribution in [0.5, 0.6) is 0 Å². The van der Waals surface area contributed by atoms with Gasteiger partial charge in [0.05, 0.1) is 0 Å². The van der Waals surface area contributed by atoms with Gasteiger partial charge in [0.2, 0.25) is 0 Å². The van der Waals surface area contributed by atoms with E-state index >= 15 is 0 Å². The van der Waals surface area contributed by atoms with Gasteiger partial charge in [0, 0.05) is 50.7 Å². The molecule has 0 saturated heterocycles. The molecule has 0 saturated carbocycles. The summed E-state index contributed by atoms with van der Waals surface area (Å²) in [5.74, 6) is -0.704. The number of halogens is 1. The van der Waals surface area contributed by atoms with Crippen LogP contribution in [0.3, 0.4) is 0 Å². The van der Waals surface area contributed by atoms with E-state index in [1.807, 2.05) is 31.1 Å². The average Bonchev–Trinajstić information content (AvgIpc) is 2.69. The van der Waals surface area contributed by atoms with Crippen molar-refractivity contribution in [3.63, 3.8) is 0 Å². The maximum atomic E-state index is 12.9. The molecule has 0 radical (unpaired) electrons. The molecule has 0 spiro atoms. The summed E-state index contributed by atoms with van der Waals surface area (Å²) in [5, 5.41) is 5.52. The Labute approximate surface area is 164 Å². The molecule has 2 N–H and O–H groups in total. The van der Waals surface area contributed by atoms with Gasteiger partial charge in [-0.2, -0.15) is 0 Å². The molecule has 2 rings (SSSR count). The van der Waals surface area contributed by atoms with Gasteiger partial charge in [-0.15, -0.1) is 0 Å². The number of benzene rings is 1. The van der Waals surface area contributed by atoms with E-state index in [1.165, 1.54) is 24.3 Å². The van der Waals surface area contributed by atoms with Gasteiger partial charge in [-0.25, -0.2) is 9.18 Å². The van der Waals surface area contributed by atoms with Crippen LogP contribution in [0.25, 0.3) is 0 Å². The first-order valence-electron chi connectivity index (χ1n) is 9.06. The number of amides is 3. The molecule has 1 aromatic heterocycles. The summed E-state index contributed by atoms with van der Waals surface area (Å²) in [6.45, 7) is 2.31. The van der Waals surface area contributed by atoms with Gasteiger partial charge in [0.1, 0.15) is 5.82 Å². The van der Waals surface area contributed by atoms with Crippen LogP contribution in [0.1, 0.15) is 15.9 Å². The second-order valence-electron chi connectivity index (χ2n) is 6.58. The number of pyridine rings is 1. The molecule has 1 aromatic carbocycles. The molecule has 150 valence electrons. The van der Waals surface area contributed by atoms with E-state index in [0.717, 1.165) is 12.1 Å². The highest BCUT2D eigenvalue weighted by Crippen LogP contribution is 2.04. The van der Waals surface area contributed by atoms with E-state index in [2.05, 4.69) is 15.6 Å². The Morgan fingerprint density at radius 3 is 2.39 bits per heavy atom. The number of urea groups is 1. The van der Waals surface area contributed by atoms with Crippen molar-refractivity contribution in [2.45, 2.75) is 6.54 Å². The minimum atomic E-state index is -0.393. The Morgan fingerprint density at radius 1 is 1.04 bits per heavy atom. The zero-order chi connectivity index (χ0) is 20.4. The van der Waals surface area contributed by atoms with Gasteiger partial charge in [0.25, 0.3) is 5.91 Å². The molecule has 0 fully saturated rings. The van der Waals surface area contributed by atoms with Crippen molar-refractivity contribution >= 4 is 11.9 Å². The monoisotopic (exact) mass is 387 g/mol. The van der Waals surface area contributed by atoms with E-state index in [1.54, 1.807) is 17.3 Å². The molecule has 0 unspecified atom stereocenters. The number of likely N-dealkylation sites (N-methyl/N-ethyl adjacent to an activating group) is 1. The second kappa shape index (κ2) is 11.0. The SMILES string of the molecule is CN(C)CCN(Cc1cccnc1)C(=O)NCCNC(=O)c1ccc(F)cc1. The maximum Gasteiger partial charge on any atom is 0.317 e. The molecule has 7 nitrogen and oxygen atoms in total. The van der Waals surface area contributed by atoms with E-state index in [-0.39, 0.29) is 25.0 Å². The lowest BCUT2D eigenvalue weighted by Gasteiger charge is -2.24. The quantitative estimate of drug-likeness (QED) is 0.643. The molecule has 28 heavy (non-hydrogen) atoms. The summed E-state index contributed by atoms with van der Waals surface area (Å²) in [7, 11) is 3.90. The van der Waals surface area contributed by atoms with Crippen molar-refractivity contribution in [3.05, 3.63) is 65.7 Å². The van der Waals surface area contributed by atoms with Gasteiger partial charge in [-0.1, -0.05) is 6.07 Å². The van der Waals surface area contributed by atoms with Crippen LogP contribution in [0, 0.1) is 5.82 Å². The number of carbonyl (C=O) groups excluding carboxylic acids is 2. The highest BCUT2D eigenvalue weighted by atomic mass is 19.1. The summed E-state index contributed by atoms with van der Waals surface area (Å²) in [6, 6.07) is 8.85. The summed E-state index contributed by atoms with van der Waals surface area (Å²) in [4.78, 5) is 32.3. The lowest BCUT2D eigenvalue weighted by atomic mass is 10.2. The zero-order valence-corrected chi connectivity index (χ0v) is 16.2. The highest BCUT2D eigenvalue weighted by Gasteiger charge is 2.14. The van der Waals surface area contributed by atoms with Crippen LogP contribution in [0.4, 0.5) is 9.18 Å². The van der Waals surface area contributed by atoms with Gasteiger partial charge < -0.3 is 20.4 Å². The molecule has 0 aliphatic carbocycles. The first-order chi connectivity index (χ1) is 13.5. The fraction of sp³-hybridized carbons (Fsp3) is 0.350. The third kappa shape index (κ3) is 7.32.